The molecule has 1 aromatic heterocycles. The number of aliphatic hydroxyl groups is 1. The second-order valence-corrected chi connectivity index (χ2v) is 3.30. The first-order valence-corrected chi connectivity index (χ1v) is 4.20. The highest BCUT2D eigenvalue weighted by atomic mass is 32.1. The SMILES string of the molecule is N[C@H](C(=O)O)C(O)c1cccs1.O. The number of hydrogen-bond donors (Lipinski definition) is 3. The van der Waals surface area contributed by atoms with Gasteiger partial charge in [0.05, 0.1) is 0 Å². The third-order valence-corrected chi connectivity index (χ3v) is 2.40. The van der Waals surface area contributed by atoms with E-state index >= 15 is 0 Å². The standard InChI is InChI=1S/C7H9NO3S.H2O/c8-5(7(10)11)6(9)4-2-1-3-12-4;/h1-3,5-6,9H,8H2,(H,10,11);1H2/t5-,6?;/m0./s1. The predicted molar refractivity (Wildman–Crippen MR) is 48.5 cm³/mol. The molecule has 0 saturated carbocycles. The number of carboxylic acids is 1. The number of aliphatic carboxylic acids is 1. The molecule has 0 radical (unpaired) electrons. The summed E-state index contributed by atoms with van der Waals surface area (Å²) in [4.78, 5) is 10.9. The number of aliphatic hydroxyl groups excluding tert-OH is 1. The Morgan fingerprint density at radius 1 is 1.62 bits per heavy atom. The molecule has 0 aliphatic carbocycles. The lowest BCUT2D eigenvalue weighted by atomic mass is 10.1. The summed E-state index contributed by atoms with van der Waals surface area (Å²) in [5, 5.41) is 19.6. The quantitative estimate of drug-likeness (QED) is 0.609. The Bertz CT molecular complexity index is 261. The first kappa shape index (κ1) is 12.0. The van der Waals surface area contributed by atoms with E-state index in [4.69, 9.17) is 10.8 Å². The van der Waals surface area contributed by atoms with Crippen LogP contribution in [0.25, 0.3) is 0 Å². The number of hydrogen-bond acceptors (Lipinski definition) is 4. The van der Waals surface area contributed by atoms with Gasteiger partial charge >= 0.3 is 5.97 Å². The fourth-order valence-corrected chi connectivity index (χ4v) is 1.53. The van der Waals surface area contributed by atoms with Crippen LogP contribution in [0, 0.1) is 0 Å². The van der Waals surface area contributed by atoms with Crippen LogP contribution in [0.2, 0.25) is 0 Å². The Morgan fingerprint density at radius 3 is 2.62 bits per heavy atom. The zero-order chi connectivity index (χ0) is 9.14. The van der Waals surface area contributed by atoms with Gasteiger partial charge in [-0.25, -0.2) is 0 Å². The van der Waals surface area contributed by atoms with Crippen LogP contribution in [-0.2, 0) is 4.79 Å². The van der Waals surface area contributed by atoms with Crippen molar-refractivity contribution in [3.8, 4) is 0 Å². The van der Waals surface area contributed by atoms with E-state index in [1.807, 2.05) is 0 Å². The molecular formula is C7H11NO4S. The van der Waals surface area contributed by atoms with Crippen molar-refractivity contribution in [3.63, 3.8) is 0 Å². The van der Waals surface area contributed by atoms with Gasteiger partial charge in [0.1, 0.15) is 12.1 Å². The summed E-state index contributed by atoms with van der Waals surface area (Å²) in [5.41, 5.74) is 5.21. The van der Waals surface area contributed by atoms with Crippen LogP contribution < -0.4 is 5.73 Å². The smallest absolute Gasteiger partial charge is 0.323 e. The van der Waals surface area contributed by atoms with Crippen molar-refractivity contribution in [3.05, 3.63) is 22.4 Å². The molecule has 1 heterocycles. The molecule has 0 aliphatic rings. The Balaban J connectivity index is 0.00000144. The molecular weight excluding hydrogens is 194 g/mol. The van der Waals surface area contributed by atoms with Gasteiger partial charge in [0.15, 0.2) is 0 Å². The minimum absolute atomic E-state index is 0. The molecule has 2 atom stereocenters. The second kappa shape index (κ2) is 4.93. The van der Waals surface area contributed by atoms with Crippen molar-refractivity contribution in [2.45, 2.75) is 12.1 Å². The Hall–Kier alpha value is -0.950. The van der Waals surface area contributed by atoms with Crippen molar-refractivity contribution in [2.75, 3.05) is 0 Å². The van der Waals surface area contributed by atoms with Gasteiger partial charge in [-0.3, -0.25) is 4.79 Å². The molecule has 0 fully saturated rings. The van der Waals surface area contributed by atoms with E-state index in [0.717, 1.165) is 0 Å². The summed E-state index contributed by atoms with van der Waals surface area (Å²) in [6, 6.07) is 2.14. The molecule has 0 amide bonds. The first-order valence-electron chi connectivity index (χ1n) is 3.33. The summed E-state index contributed by atoms with van der Waals surface area (Å²) >= 11 is 1.28. The third kappa shape index (κ3) is 2.78. The summed E-state index contributed by atoms with van der Waals surface area (Å²) in [6.07, 6.45) is -1.11. The lowest BCUT2D eigenvalue weighted by Gasteiger charge is -2.12. The van der Waals surface area contributed by atoms with Crippen molar-refractivity contribution in [1.29, 1.82) is 0 Å². The van der Waals surface area contributed by atoms with Crippen LogP contribution in [0.5, 0.6) is 0 Å². The number of carboxylic acid groups (broad SMARTS) is 1. The molecule has 0 saturated heterocycles. The van der Waals surface area contributed by atoms with Crippen LogP contribution >= 0.6 is 11.3 Å². The van der Waals surface area contributed by atoms with E-state index in [9.17, 15) is 9.90 Å². The van der Waals surface area contributed by atoms with Crippen LogP contribution in [0.3, 0.4) is 0 Å². The van der Waals surface area contributed by atoms with Gasteiger partial charge in [-0.05, 0) is 11.4 Å². The van der Waals surface area contributed by atoms with Gasteiger partial charge < -0.3 is 21.4 Å². The van der Waals surface area contributed by atoms with Gasteiger partial charge in [-0.2, -0.15) is 0 Å². The van der Waals surface area contributed by atoms with Gasteiger partial charge in [-0.15, -0.1) is 11.3 Å². The van der Waals surface area contributed by atoms with Crippen molar-refractivity contribution in [2.24, 2.45) is 5.73 Å². The van der Waals surface area contributed by atoms with Gasteiger partial charge in [-0.1, -0.05) is 6.07 Å². The molecule has 13 heavy (non-hydrogen) atoms. The fraction of sp³-hybridized carbons (Fsp3) is 0.286. The first-order chi connectivity index (χ1) is 5.63. The van der Waals surface area contributed by atoms with Crippen molar-refractivity contribution < 1.29 is 20.5 Å². The van der Waals surface area contributed by atoms with Crippen LogP contribution in [0.4, 0.5) is 0 Å². The van der Waals surface area contributed by atoms with Crippen LogP contribution in [-0.4, -0.2) is 27.7 Å². The number of nitrogens with two attached hydrogens (primary N) is 1. The van der Waals surface area contributed by atoms with Crippen molar-refractivity contribution >= 4 is 17.3 Å². The van der Waals surface area contributed by atoms with Crippen molar-refractivity contribution in [1.82, 2.24) is 0 Å². The number of rotatable bonds is 3. The van der Waals surface area contributed by atoms with Gasteiger partial charge in [0.25, 0.3) is 0 Å². The molecule has 6 heteroatoms. The zero-order valence-corrected chi connectivity index (χ0v) is 7.49. The molecule has 5 nitrogen and oxygen atoms in total. The zero-order valence-electron chi connectivity index (χ0n) is 6.68. The number of thiophene rings is 1. The molecule has 1 rings (SSSR count). The predicted octanol–water partition coefficient (Wildman–Crippen LogP) is -0.631. The van der Waals surface area contributed by atoms with Crippen LogP contribution in [0.15, 0.2) is 17.5 Å². The highest BCUT2D eigenvalue weighted by Gasteiger charge is 2.23. The minimum atomic E-state index is -1.25. The molecule has 0 aromatic carbocycles. The lowest BCUT2D eigenvalue weighted by Crippen LogP contribution is -2.36. The topological polar surface area (TPSA) is 115 Å². The summed E-state index contributed by atoms with van der Waals surface area (Å²) in [5.74, 6) is -1.20. The minimum Gasteiger partial charge on any atom is -0.480 e. The summed E-state index contributed by atoms with van der Waals surface area (Å²) < 4.78 is 0. The number of carbonyl (C=O) groups is 1. The fourth-order valence-electron chi connectivity index (χ4n) is 0.772. The Morgan fingerprint density at radius 2 is 2.23 bits per heavy atom. The highest BCUT2D eigenvalue weighted by molar-refractivity contribution is 7.10. The summed E-state index contributed by atoms with van der Waals surface area (Å²) in [6.45, 7) is 0. The highest BCUT2D eigenvalue weighted by Crippen LogP contribution is 2.20. The largest absolute Gasteiger partial charge is 0.480 e. The normalized spacial score (nSPS) is 14.3. The third-order valence-electron chi connectivity index (χ3n) is 1.46. The molecule has 1 aromatic rings. The molecule has 1 unspecified atom stereocenters. The van der Waals surface area contributed by atoms with Crippen LogP contribution in [0.1, 0.15) is 11.0 Å². The molecule has 0 aliphatic heterocycles. The van der Waals surface area contributed by atoms with Gasteiger partial charge in [0, 0.05) is 4.88 Å². The molecule has 0 spiro atoms. The Kier molecular flexibility index (Phi) is 4.57. The monoisotopic (exact) mass is 205 g/mol. The van der Waals surface area contributed by atoms with E-state index in [1.54, 1.807) is 17.5 Å². The molecule has 0 bridgehead atoms. The maximum atomic E-state index is 10.4. The van der Waals surface area contributed by atoms with E-state index in [0.29, 0.717) is 4.88 Å². The van der Waals surface area contributed by atoms with Gasteiger partial charge in [0.2, 0.25) is 0 Å². The Labute approximate surface area is 78.7 Å². The van der Waals surface area contributed by atoms with E-state index < -0.39 is 18.1 Å². The average Bonchev–Trinajstić information content (AvgIpc) is 2.53. The van der Waals surface area contributed by atoms with E-state index in [1.165, 1.54) is 11.3 Å². The van der Waals surface area contributed by atoms with E-state index in [-0.39, 0.29) is 5.48 Å². The average molecular weight is 205 g/mol. The molecule has 74 valence electrons. The van der Waals surface area contributed by atoms with E-state index in [2.05, 4.69) is 0 Å². The maximum absolute atomic E-state index is 10.4. The summed E-state index contributed by atoms with van der Waals surface area (Å²) in [7, 11) is 0. The second-order valence-electron chi connectivity index (χ2n) is 2.32. The lowest BCUT2D eigenvalue weighted by molar-refractivity contribution is -0.141. The molecule has 6 N–H and O–H groups in total. The maximum Gasteiger partial charge on any atom is 0.323 e.